The molecule has 1 aliphatic rings. The van der Waals surface area contributed by atoms with Crippen molar-refractivity contribution in [1.82, 2.24) is 9.03 Å². The Balaban J connectivity index is 2.52. The number of rotatable bonds is 5. The van der Waals surface area contributed by atoms with E-state index in [0.717, 1.165) is 4.31 Å². The molecule has 0 radical (unpaired) electrons. The predicted molar refractivity (Wildman–Crippen MR) is 54.9 cm³/mol. The van der Waals surface area contributed by atoms with Crippen LogP contribution in [0.2, 0.25) is 0 Å². The van der Waals surface area contributed by atoms with Gasteiger partial charge < -0.3 is 5.11 Å². The fourth-order valence-corrected chi connectivity index (χ4v) is 2.97. The van der Waals surface area contributed by atoms with Gasteiger partial charge in [0, 0.05) is 19.5 Å². The zero-order valence-electron chi connectivity index (χ0n) is 9.27. The SMILES string of the molecule is O=C(O)CC1CCN(S(=O)(=O)NCC(F)(F)F)C1. The predicted octanol–water partition coefficient (Wildman–Crippen LogP) is 0.180. The number of nitrogens with one attached hydrogen (secondary N) is 1. The molecule has 1 fully saturated rings. The van der Waals surface area contributed by atoms with Gasteiger partial charge in [0.25, 0.3) is 10.2 Å². The van der Waals surface area contributed by atoms with Crippen LogP contribution in [0.3, 0.4) is 0 Å². The molecule has 106 valence electrons. The van der Waals surface area contributed by atoms with Gasteiger partial charge in [-0.25, -0.2) is 0 Å². The minimum absolute atomic E-state index is 0.0329. The van der Waals surface area contributed by atoms with E-state index >= 15 is 0 Å². The molecule has 0 aromatic carbocycles. The first-order valence-electron chi connectivity index (χ1n) is 5.13. The molecule has 18 heavy (non-hydrogen) atoms. The summed E-state index contributed by atoms with van der Waals surface area (Å²) in [5, 5.41) is 8.54. The average molecular weight is 290 g/mol. The van der Waals surface area contributed by atoms with Crippen molar-refractivity contribution in [3.8, 4) is 0 Å². The molecule has 0 aliphatic carbocycles. The number of hydrogen-bond donors (Lipinski definition) is 2. The number of carboxylic acid groups (broad SMARTS) is 1. The van der Waals surface area contributed by atoms with E-state index in [0.29, 0.717) is 6.42 Å². The molecule has 1 aliphatic heterocycles. The van der Waals surface area contributed by atoms with Gasteiger partial charge in [-0.1, -0.05) is 0 Å². The quantitative estimate of drug-likeness (QED) is 0.756. The lowest BCUT2D eigenvalue weighted by molar-refractivity contribution is -0.138. The topological polar surface area (TPSA) is 86.7 Å². The maximum Gasteiger partial charge on any atom is 0.402 e. The van der Waals surface area contributed by atoms with Crippen LogP contribution in [-0.2, 0) is 15.0 Å². The Morgan fingerprint density at radius 1 is 1.44 bits per heavy atom. The first kappa shape index (κ1) is 15.2. The second-order valence-corrected chi connectivity index (χ2v) is 5.81. The van der Waals surface area contributed by atoms with Gasteiger partial charge in [0.1, 0.15) is 6.54 Å². The second kappa shape index (κ2) is 5.41. The van der Waals surface area contributed by atoms with Crippen LogP contribution >= 0.6 is 0 Å². The van der Waals surface area contributed by atoms with E-state index in [1.807, 2.05) is 0 Å². The smallest absolute Gasteiger partial charge is 0.402 e. The molecule has 0 saturated carbocycles. The summed E-state index contributed by atoms with van der Waals surface area (Å²) in [4.78, 5) is 10.4. The molecule has 1 rings (SSSR count). The van der Waals surface area contributed by atoms with Crippen LogP contribution < -0.4 is 4.72 Å². The molecule has 0 bridgehead atoms. The van der Waals surface area contributed by atoms with Crippen molar-refractivity contribution in [3.63, 3.8) is 0 Å². The summed E-state index contributed by atoms with van der Waals surface area (Å²) < 4.78 is 60.9. The number of carbonyl (C=O) groups is 1. The molecular weight excluding hydrogens is 277 g/mol. The first-order chi connectivity index (χ1) is 8.10. The van der Waals surface area contributed by atoms with Gasteiger partial charge in [-0.3, -0.25) is 4.79 Å². The Kier molecular flexibility index (Phi) is 4.56. The third-order valence-corrected chi connectivity index (χ3v) is 4.03. The molecule has 0 amide bonds. The highest BCUT2D eigenvalue weighted by atomic mass is 32.2. The zero-order valence-corrected chi connectivity index (χ0v) is 10.1. The molecular formula is C8H13F3N2O4S. The Labute approximate surface area is 102 Å². The van der Waals surface area contributed by atoms with Crippen LogP contribution in [0.15, 0.2) is 0 Å². The largest absolute Gasteiger partial charge is 0.481 e. The zero-order chi connectivity index (χ0) is 14.0. The molecule has 0 aromatic heterocycles. The summed E-state index contributed by atoms with van der Waals surface area (Å²) >= 11 is 0. The van der Waals surface area contributed by atoms with Crippen molar-refractivity contribution < 1.29 is 31.5 Å². The Morgan fingerprint density at radius 3 is 2.56 bits per heavy atom. The van der Waals surface area contributed by atoms with E-state index in [1.165, 1.54) is 4.72 Å². The fraction of sp³-hybridized carbons (Fsp3) is 0.875. The van der Waals surface area contributed by atoms with Gasteiger partial charge in [0.15, 0.2) is 0 Å². The minimum atomic E-state index is -4.62. The van der Waals surface area contributed by atoms with Crippen LogP contribution in [-0.4, -0.2) is 49.6 Å². The first-order valence-corrected chi connectivity index (χ1v) is 6.57. The molecule has 1 heterocycles. The maximum atomic E-state index is 11.9. The van der Waals surface area contributed by atoms with Crippen molar-refractivity contribution in [2.45, 2.75) is 19.0 Å². The van der Waals surface area contributed by atoms with Crippen LogP contribution in [0.5, 0.6) is 0 Å². The Bertz CT molecular complexity index is 409. The molecule has 0 spiro atoms. The van der Waals surface area contributed by atoms with Crippen molar-refractivity contribution in [1.29, 1.82) is 0 Å². The lowest BCUT2D eigenvalue weighted by Gasteiger charge is -2.17. The molecule has 1 saturated heterocycles. The molecule has 0 aromatic rings. The van der Waals surface area contributed by atoms with Crippen LogP contribution in [0.1, 0.15) is 12.8 Å². The monoisotopic (exact) mass is 290 g/mol. The normalized spacial score (nSPS) is 22.3. The molecule has 6 nitrogen and oxygen atoms in total. The highest BCUT2D eigenvalue weighted by Gasteiger charge is 2.35. The summed E-state index contributed by atoms with van der Waals surface area (Å²) in [5.41, 5.74) is 0. The fourth-order valence-electron chi connectivity index (χ4n) is 1.69. The number of alkyl halides is 3. The van der Waals surface area contributed by atoms with Gasteiger partial charge in [-0.2, -0.15) is 30.6 Å². The van der Waals surface area contributed by atoms with E-state index < -0.39 is 28.9 Å². The van der Waals surface area contributed by atoms with Gasteiger partial charge >= 0.3 is 12.1 Å². The highest BCUT2D eigenvalue weighted by Crippen LogP contribution is 2.22. The Morgan fingerprint density at radius 2 is 2.06 bits per heavy atom. The standard InChI is InChI=1S/C8H13F3N2O4S/c9-8(10,11)5-12-18(16,17)13-2-1-6(4-13)3-7(14)15/h6,12H,1-5H2,(H,14,15). The highest BCUT2D eigenvalue weighted by molar-refractivity contribution is 7.87. The molecule has 2 N–H and O–H groups in total. The van der Waals surface area contributed by atoms with Gasteiger partial charge in [-0.15, -0.1) is 0 Å². The summed E-state index contributed by atoms with van der Waals surface area (Å²) in [6, 6.07) is 0. The van der Waals surface area contributed by atoms with E-state index in [1.54, 1.807) is 0 Å². The number of halogens is 3. The third-order valence-electron chi connectivity index (χ3n) is 2.51. The van der Waals surface area contributed by atoms with Crippen molar-refractivity contribution in [2.24, 2.45) is 5.92 Å². The molecule has 10 heteroatoms. The second-order valence-electron chi connectivity index (χ2n) is 4.05. The van der Waals surface area contributed by atoms with Crippen molar-refractivity contribution in [2.75, 3.05) is 19.6 Å². The van der Waals surface area contributed by atoms with Gasteiger partial charge in [-0.05, 0) is 12.3 Å². The summed E-state index contributed by atoms with van der Waals surface area (Å²) in [7, 11) is -4.19. The number of hydrogen-bond acceptors (Lipinski definition) is 3. The van der Waals surface area contributed by atoms with Gasteiger partial charge in [0.2, 0.25) is 0 Å². The maximum absolute atomic E-state index is 11.9. The van der Waals surface area contributed by atoms with Crippen LogP contribution in [0.4, 0.5) is 13.2 Å². The minimum Gasteiger partial charge on any atom is -0.481 e. The number of aliphatic carboxylic acids is 1. The molecule has 1 atom stereocenters. The van der Waals surface area contributed by atoms with Crippen molar-refractivity contribution >= 4 is 16.2 Å². The average Bonchev–Trinajstić information content (AvgIpc) is 2.62. The third kappa shape index (κ3) is 4.78. The van der Waals surface area contributed by atoms with E-state index in [-0.39, 0.29) is 25.4 Å². The van der Waals surface area contributed by atoms with E-state index in [4.69, 9.17) is 5.11 Å². The van der Waals surface area contributed by atoms with Crippen LogP contribution in [0, 0.1) is 5.92 Å². The lowest BCUT2D eigenvalue weighted by atomic mass is 10.1. The van der Waals surface area contributed by atoms with E-state index in [2.05, 4.69) is 0 Å². The summed E-state index contributed by atoms with van der Waals surface area (Å²) in [5.74, 6) is -1.41. The number of nitrogens with zero attached hydrogens (tertiary/aromatic N) is 1. The van der Waals surface area contributed by atoms with Gasteiger partial charge in [0.05, 0.1) is 0 Å². The lowest BCUT2D eigenvalue weighted by Crippen LogP contribution is -2.43. The van der Waals surface area contributed by atoms with Crippen LogP contribution in [0.25, 0.3) is 0 Å². The Hall–Kier alpha value is -0.870. The summed E-state index contributed by atoms with van der Waals surface area (Å²) in [6.07, 6.45) is -4.47. The van der Waals surface area contributed by atoms with Crippen molar-refractivity contribution in [3.05, 3.63) is 0 Å². The molecule has 1 unspecified atom stereocenters. The summed E-state index contributed by atoms with van der Waals surface area (Å²) in [6.45, 7) is -1.67. The van der Waals surface area contributed by atoms with E-state index in [9.17, 15) is 26.4 Å². The number of carboxylic acids is 1.